The molecule has 3 nitrogen and oxygen atoms in total. The Morgan fingerprint density at radius 3 is 2.55 bits per heavy atom. The molecule has 0 saturated heterocycles. The van der Waals surface area contributed by atoms with Gasteiger partial charge in [-0.3, -0.25) is 0 Å². The van der Waals surface area contributed by atoms with E-state index in [2.05, 4.69) is 0 Å². The summed E-state index contributed by atoms with van der Waals surface area (Å²) in [5.41, 5.74) is 7.30. The molecule has 20 heavy (non-hydrogen) atoms. The summed E-state index contributed by atoms with van der Waals surface area (Å²) in [6.07, 6.45) is 0. The van der Waals surface area contributed by atoms with E-state index in [0.717, 1.165) is 5.69 Å². The molecule has 2 aromatic carbocycles. The van der Waals surface area contributed by atoms with Gasteiger partial charge < -0.3 is 15.4 Å². The molecule has 0 unspecified atom stereocenters. The third kappa shape index (κ3) is 3.21. The van der Waals surface area contributed by atoms with Gasteiger partial charge in [0.15, 0.2) is 0 Å². The minimum Gasteiger partial charge on any atom is -0.456 e. The average Bonchev–Trinajstić information content (AvgIpc) is 2.38. The molecule has 2 N–H and O–H groups in total. The van der Waals surface area contributed by atoms with Gasteiger partial charge in [0.2, 0.25) is 0 Å². The monoisotopic (exact) mass is 306 g/mol. The van der Waals surface area contributed by atoms with Crippen LogP contribution in [-0.4, -0.2) is 19.1 Å². The summed E-state index contributed by atoms with van der Waals surface area (Å²) < 4.78 is 5.86. The smallest absolute Gasteiger partial charge is 0.139 e. The van der Waals surface area contributed by atoms with E-state index >= 15 is 0 Å². The van der Waals surface area contributed by atoms with Crippen molar-refractivity contribution in [3.8, 4) is 11.5 Å². The molecule has 0 amide bonds. The quantitative estimate of drug-likeness (QED) is 0.871. The van der Waals surface area contributed by atoms with Gasteiger partial charge in [-0.1, -0.05) is 36.0 Å². The van der Waals surface area contributed by atoms with Crippen LogP contribution in [0.3, 0.4) is 0 Å². The third-order valence-corrected chi connectivity index (χ3v) is 3.30. The van der Waals surface area contributed by atoms with Gasteiger partial charge in [-0.25, -0.2) is 0 Å². The van der Waals surface area contributed by atoms with Crippen molar-refractivity contribution in [3.05, 3.63) is 53.1 Å². The molecule has 0 aliphatic rings. The number of benzene rings is 2. The van der Waals surface area contributed by atoms with Crippen molar-refractivity contribution in [3.63, 3.8) is 0 Å². The second-order valence-electron chi connectivity index (χ2n) is 4.47. The zero-order valence-electron chi connectivity index (χ0n) is 11.3. The Morgan fingerprint density at radius 1 is 1.20 bits per heavy atom. The fourth-order valence-corrected chi connectivity index (χ4v) is 2.31. The fraction of sp³-hybridized carbons (Fsp3) is 0.133. The van der Waals surface area contributed by atoms with Crippen molar-refractivity contribution in [2.75, 3.05) is 19.0 Å². The number of thiocarbonyl (C=S) groups is 1. The van der Waals surface area contributed by atoms with Crippen LogP contribution in [0.1, 0.15) is 5.56 Å². The molecule has 5 heteroatoms. The first-order valence-electron chi connectivity index (χ1n) is 6.02. The van der Waals surface area contributed by atoms with E-state index in [4.69, 9.17) is 34.3 Å². The highest BCUT2D eigenvalue weighted by Gasteiger charge is 2.12. The second kappa shape index (κ2) is 6.11. The highest BCUT2D eigenvalue weighted by molar-refractivity contribution is 7.80. The highest BCUT2D eigenvalue weighted by atomic mass is 35.5. The predicted octanol–water partition coefficient (Wildman–Crippen LogP) is 3.83. The maximum atomic E-state index is 6.12. The molecule has 0 spiro atoms. The van der Waals surface area contributed by atoms with E-state index in [-0.39, 0.29) is 4.99 Å². The first-order valence-corrected chi connectivity index (χ1v) is 6.81. The van der Waals surface area contributed by atoms with Crippen molar-refractivity contribution in [2.45, 2.75) is 0 Å². The van der Waals surface area contributed by atoms with Gasteiger partial charge in [0.1, 0.15) is 16.5 Å². The Kier molecular flexibility index (Phi) is 4.47. The lowest BCUT2D eigenvalue weighted by atomic mass is 10.2. The Bertz CT molecular complexity index is 644. The van der Waals surface area contributed by atoms with Crippen LogP contribution in [0.2, 0.25) is 5.02 Å². The van der Waals surface area contributed by atoms with Crippen molar-refractivity contribution in [2.24, 2.45) is 5.73 Å². The SMILES string of the molecule is CN(C)c1cccc(Oc2cccc(Cl)c2C(N)=S)c1. The highest BCUT2D eigenvalue weighted by Crippen LogP contribution is 2.31. The van der Waals surface area contributed by atoms with Crippen LogP contribution in [0.5, 0.6) is 11.5 Å². The zero-order valence-corrected chi connectivity index (χ0v) is 12.8. The van der Waals surface area contributed by atoms with Crippen LogP contribution < -0.4 is 15.4 Å². The van der Waals surface area contributed by atoms with Gasteiger partial charge in [0, 0.05) is 25.8 Å². The largest absolute Gasteiger partial charge is 0.456 e. The fourth-order valence-electron chi connectivity index (χ4n) is 1.78. The summed E-state index contributed by atoms with van der Waals surface area (Å²) in [4.78, 5) is 2.22. The number of nitrogens with two attached hydrogens (primary N) is 1. The van der Waals surface area contributed by atoms with Gasteiger partial charge in [0.25, 0.3) is 0 Å². The first kappa shape index (κ1) is 14.6. The van der Waals surface area contributed by atoms with Crippen molar-refractivity contribution >= 4 is 34.5 Å². The summed E-state index contributed by atoms with van der Waals surface area (Å²) >= 11 is 11.1. The van der Waals surface area contributed by atoms with Crippen LogP contribution in [-0.2, 0) is 0 Å². The van der Waals surface area contributed by atoms with Crippen LogP contribution >= 0.6 is 23.8 Å². The predicted molar refractivity (Wildman–Crippen MR) is 88.2 cm³/mol. The van der Waals surface area contributed by atoms with E-state index < -0.39 is 0 Å². The van der Waals surface area contributed by atoms with E-state index in [1.807, 2.05) is 43.3 Å². The Morgan fingerprint density at radius 2 is 1.90 bits per heavy atom. The lowest BCUT2D eigenvalue weighted by molar-refractivity contribution is 0.482. The number of halogens is 1. The molecule has 0 atom stereocenters. The van der Waals surface area contributed by atoms with Gasteiger partial charge in [-0.05, 0) is 24.3 Å². The molecule has 2 aromatic rings. The topological polar surface area (TPSA) is 38.5 Å². The molecule has 0 aliphatic carbocycles. The number of hydrogen-bond donors (Lipinski definition) is 1. The number of rotatable bonds is 4. The average molecular weight is 307 g/mol. The Labute approximate surface area is 128 Å². The van der Waals surface area contributed by atoms with Crippen LogP contribution in [0.4, 0.5) is 5.69 Å². The standard InChI is InChI=1S/C15H15ClN2OS/c1-18(2)10-5-3-6-11(9-10)19-13-8-4-7-12(16)14(13)15(17)20/h3-9H,1-2H3,(H2,17,20). The summed E-state index contributed by atoms with van der Waals surface area (Å²) in [7, 11) is 3.94. The zero-order chi connectivity index (χ0) is 14.7. The molecule has 0 aliphatic heterocycles. The molecule has 0 fully saturated rings. The molecule has 0 aromatic heterocycles. The molecule has 0 heterocycles. The van der Waals surface area contributed by atoms with Gasteiger partial charge in [-0.15, -0.1) is 0 Å². The lowest BCUT2D eigenvalue weighted by Crippen LogP contribution is -2.11. The molecule has 104 valence electrons. The maximum absolute atomic E-state index is 6.12. The number of anilines is 1. The molecule has 0 radical (unpaired) electrons. The minimum atomic E-state index is 0.217. The van der Waals surface area contributed by atoms with E-state index in [1.165, 1.54) is 0 Å². The number of hydrogen-bond acceptors (Lipinski definition) is 3. The molecular formula is C15H15ClN2OS. The van der Waals surface area contributed by atoms with Gasteiger partial charge >= 0.3 is 0 Å². The summed E-state index contributed by atoms with van der Waals surface area (Å²) in [5.74, 6) is 1.26. The normalized spacial score (nSPS) is 10.2. The maximum Gasteiger partial charge on any atom is 0.139 e. The van der Waals surface area contributed by atoms with Crippen LogP contribution in [0, 0.1) is 0 Å². The van der Waals surface area contributed by atoms with Crippen molar-refractivity contribution < 1.29 is 4.74 Å². The number of nitrogens with zero attached hydrogens (tertiary/aromatic N) is 1. The van der Waals surface area contributed by atoms with E-state index in [9.17, 15) is 0 Å². The van der Waals surface area contributed by atoms with Crippen molar-refractivity contribution in [1.29, 1.82) is 0 Å². The Hall–Kier alpha value is -1.78. The van der Waals surface area contributed by atoms with E-state index in [0.29, 0.717) is 22.1 Å². The molecule has 2 rings (SSSR count). The summed E-state index contributed by atoms with van der Waals surface area (Å²) in [5, 5.41) is 0.485. The summed E-state index contributed by atoms with van der Waals surface area (Å²) in [6.45, 7) is 0. The molecule has 0 saturated carbocycles. The lowest BCUT2D eigenvalue weighted by Gasteiger charge is -2.15. The van der Waals surface area contributed by atoms with E-state index in [1.54, 1.807) is 18.2 Å². The minimum absolute atomic E-state index is 0.217. The Balaban J connectivity index is 2.38. The summed E-state index contributed by atoms with van der Waals surface area (Å²) in [6, 6.07) is 13.1. The van der Waals surface area contributed by atoms with Crippen LogP contribution in [0.25, 0.3) is 0 Å². The number of ether oxygens (including phenoxy) is 1. The van der Waals surface area contributed by atoms with Gasteiger partial charge in [-0.2, -0.15) is 0 Å². The molecular weight excluding hydrogens is 292 g/mol. The second-order valence-corrected chi connectivity index (χ2v) is 5.32. The van der Waals surface area contributed by atoms with Gasteiger partial charge in [0.05, 0.1) is 10.6 Å². The van der Waals surface area contributed by atoms with Crippen LogP contribution in [0.15, 0.2) is 42.5 Å². The molecule has 0 bridgehead atoms. The third-order valence-electron chi connectivity index (χ3n) is 2.78. The van der Waals surface area contributed by atoms with Crippen molar-refractivity contribution in [1.82, 2.24) is 0 Å². The first-order chi connectivity index (χ1) is 9.49.